The van der Waals surface area contributed by atoms with Crippen molar-refractivity contribution in [3.8, 4) is 5.75 Å². The molecule has 0 unspecified atom stereocenters. The van der Waals surface area contributed by atoms with E-state index in [1.54, 1.807) is 55.5 Å². The van der Waals surface area contributed by atoms with Gasteiger partial charge >= 0.3 is 5.97 Å². The molecule has 6 heteroatoms. The van der Waals surface area contributed by atoms with Crippen molar-refractivity contribution in [2.24, 2.45) is 5.41 Å². The Morgan fingerprint density at radius 2 is 1.92 bits per heavy atom. The zero-order valence-electron chi connectivity index (χ0n) is 14.1. The Morgan fingerprint density at radius 1 is 1.23 bits per heavy atom. The SMILES string of the molecule is CCOC(=O)[C@@]12C[C@]1(C(=O)c1ccc(Cl)cc1)[C@H](O)c1ccccc1O2. The Labute approximate surface area is 155 Å². The normalized spacial score (nSPS) is 28.3. The second kappa shape index (κ2) is 5.83. The molecule has 2 aromatic rings. The maximum Gasteiger partial charge on any atom is 0.351 e. The molecule has 1 fully saturated rings. The minimum atomic E-state index is -1.51. The number of hydrogen-bond donors (Lipinski definition) is 1. The van der Waals surface area contributed by atoms with Crippen molar-refractivity contribution in [1.29, 1.82) is 0 Å². The Morgan fingerprint density at radius 3 is 2.62 bits per heavy atom. The Hall–Kier alpha value is -2.37. The first-order valence-corrected chi connectivity index (χ1v) is 8.77. The van der Waals surface area contributed by atoms with Gasteiger partial charge in [-0.15, -0.1) is 0 Å². The van der Waals surface area contributed by atoms with Crippen LogP contribution < -0.4 is 4.74 Å². The van der Waals surface area contributed by atoms with Crippen LogP contribution in [0.4, 0.5) is 0 Å². The average molecular weight is 373 g/mol. The van der Waals surface area contributed by atoms with E-state index in [1.165, 1.54) is 0 Å². The Bertz CT molecular complexity index is 893. The molecule has 3 atom stereocenters. The molecule has 2 aromatic carbocycles. The van der Waals surface area contributed by atoms with Crippen molar-refractivity contribution >= 4 is 23.4 Å². The molecule has 1 aliphatic heterocycles. The van der Waals surface area contributed by atoms with E-state index in [1.807, 2.05) is 0 Å². The summed E-state index contributed by atoms with van der Waals surface area (Å²) in [6.45, 7) is 1.85. The maximum atomic E-state index is 13.3. The minimum Gasteiger partial charge on any atom is -0.474 e. The number of rotatable bonds is 4. The van der Waals surface area contributed by atoms with Gasteiger partial charge in [0.2, 0.25) is 5.60 Å². The Kier molecular flexibility index (Phi) is 3.82. The number of hydrogen-bond acceptors (Lipinski definition) is 5. The van der Waals surface area contributed by atoms with Crippen molar-refractivity contribution in [3.05, 3.63) is 64.7 Å². The van der Waals surface area contributed by atoms with E-state index >= 15 is 0 Å². The van der Waals surface area contributed by atoms with Gasteiger partial charge in [0.05, 0.1) is 6.61 Å². The number of esters is 1. The predicted molar refractivity (Wildman–Crippen MR) is 94.2 cm³/mol. The molecule has 0 radical (unpaired) electrons. The van der Waals surface area contributed by atoms with E-state index in [9.17, 15) is 14.7 Å². The highest BCUT2D eigenvalue weighted by molar-refractivity contribution is 6.30. The maximum absolute atomic E-state index is 13.3. The van der Waals surface area contributed by atoms with Gasteiger partial charge in [-0.05, 0) is 37.3 Å². The van der Waals surface area contributed by atoms with Gasteiger partial charge in [-0.25, -0.2) is 4.79 Å². The minimum absolute atomic E-state index is 0.0656. The fourth-order valence-electron chi connectivity index (χ4n) is 3.84. The van der Waals surface area contributed by atoms with Gasteiger partial charge in [0.15, 0.2) is 5.78 Å². The highest BCUT2D eigenvalue weighted by atomic mass is 35.5. The van der Waals surface area contributed by atoms with Crippen LogP contribution in [0.1, 0.15) is 35.4 Å². The largest absolute Gasteiger partial charge is 0.474 e. The highest BCUT2D eigenvalue weighted by Crippen LogP contribution is 2.70. The van der Waals surface area contributed by atoms with Crippen LogP contribution in [0, 0.1) is 5.41 Å². The molecule has 1 saturated carbocycles. The summed E-state index contributed by atoms with van der Waals surface area (Å²) in [4.78, 5) is 26.0. The molecule has 1 heterocycles. The molecule has 2 aliphatic rings. The van der Waals surface area contributed by atoms with Gasteiger partial charge in [-0.1, -0.05) is 29.8 Å². The van der Waals surface area contributed by atoms with E-state index in [0.717, 1.165) is 0 Å². The quantitative estimate of drug-likeness (QED) is 0.658. The summed E-state index contributed by atoms with van der Waals surface area (Å²) in [5.41, 5.74) is -2.05. The predicted octanol–water partition coefficient (Wildman–Crippen LogP) is 3.34. The Balaban J connectivity index is 1.83. The van der Waals surface area contributed by atoms with E-state index < -0.39 is 23.1 Å². The number of halogens is 1. The molecular formula is C20H17ClO5. The van der Waals surface area contributed by atoms with Crippen LogP contribution in [0.15, 0.2) is 48.5 Å². The zero-order chi connectivity index (χ0) is 18.5. The van der Waals surface area contributed by atoms with Crippen LogP contribution in [0.5, 0.6) is 5.75 Å². The molecule has 1 N–H and O–H groups in total. The van der Waals surface area contributed by atoms with E-state index in [4.69, 9.17) is 21.1 Å². The zero-order valence-corrected chi connectivity index (χ0v) is 14.8. The first kappa shape index (κ1) is 17.1. The lowest BCUT2D eigenvalue weighted by Crippen LogP contribution is -2.46. The highest BCUT2D eigenvalue weighted by Gasteiger charge is 2.84. The van der Waals surface area contributed by atoms with E-state index in [0.29, 0.717) is 21.9 Å². The topological polar surface area (TPSA) is 72.8 Å². The smallest absolute Gasteiger partial charge is 0.351 e. The number of carbonyl (C=O) groups excluding carboxylic acids is 2. The molecule has 0 spiro atoms. The first-order chi connectivity index (χ1) is 12.5. The molecule has 0 bridgehead atoms. The van der Waals surface area contributed by atoms with Crippen molar-refractivity contribution in [1.82, 2.24) is 0 Å². The number of carbonyl (C=O) groups is 2. The standard InChI is InChI=1S/C20H17ClO5/c1-2-25-18(24)20-11-19(20,16(22)12-7-9-13(21)10-8-12)17(23)14-5-3-4-6-15(14)26-20/h3-10,17,23H,2,11H2,1H3/t17-,19+,20+/m1/s1. The molecule has 1 aliphatic carbocycles. The van der Waals surface area contributed by atoms with Gasteiger partial charge in [0.1, 0.15) is 17.3 Å². The lowest BCUT2D eigenvalue weighted by atomic mass is 9.80. The molecule has 0 amide bonds. The van der Waals surface area contributed by atoms with Crippen LogP contribution in [-0.2, 0) is 9.53 Å². The van der Waals surface area contributed by atoms with Crippen LogP contribution in [0.25, 0.3) is 0 Å². The lowest BCUT2D eigenvalue weighted by molar-refractivity contribution is -0.158. The molecule has 4 rings (SSSR count). The monoisotopic (exact) mass is 372 g/mol. The lowest BCUT2D eigenvalue weighted by Gasteiger charge is -2.34. The molecule has 0 saturated heterocycles. The summed E-state index contributed by atoms with van der Waals surface area (Å²) in [6, 6.07) is 13.3. The summed E-state index contributed by atoms with van der Waals surface area (Å²) < 4.78 is 11.1. The second-order valence-electron chi connectivity index (χ2n) is 6.57. The van der Waals surface area contributed by atoms with Crippen LogP contribution >= 0.6 is 11.6 Å². The van der Waals surface area contributed by atoms with Crippen molar-refractivity contribution < 1.29 is 24.2 Å². The number of aliphatic hydroxyl groups excluding tert-OH is 1. The molecule has 5 nitrogen and oxygen atoms in total. The molecular weight excluding hydrogens is 356 g/mol. The van der Waals surface area contributed by atoms with Crippen molar-refractivity contribution in [2.45, 2.75) is 25.0 Å². The second-order valence-corrected chi connectivity index (χ2v) is 7.01. The average Bonchev–Trinajstić information content (AvgIpc) is 3.34. The first-order valence-electron chi connectivity index (χ1n) is 8.40. The molecule has 26 heavy (non-hydrogen) atoms. The van der Waals surface area contributed by atoms with Gasteiger partial charge in [-0.3, -0.25) is 4.79 Å². The van der Waals surface area contributed by atoms with E-state index in [-0.39, 0.29) is 18.8 Å². The van der Waals surface area contributed by atoms with Gasteiger partial charge < -0.3 is 14.6 Å². The molecule has 0 aromatic heterocycles. The van der Waals surface area contributed by atoms with E-state index in [2.05, 4.69) is 0 Å². The number of Topliss-reactive ketones (excluding diaryl/α,β-unsaturated/α-hetero) is 1. The third-order valence-electron chi connectivity index (χ3n) is 5.20. The van der Waals surface area contributed by atoms with Crippen LogP contribution in [-0.4, -0.2) is 29.1 Å². The number of aliphatic hydroxyl groups is 1. The number of benzene rings is 2. The summed E-state index contributed by atoms with van der Waals surface area (Å²) in [6.07, 6.45) is -1.10. The van der Waals surface area contributed by atoms with Crippen molar-refractivity contribution in [2.75, 3.05) is 6.61 Å². The number of ether oxygens (including phenoxy) is 2. The summed E-state index contributed by atoms with van der Waals surface area (Å²) >= 11 is 5.90. The third-order valence-corrected chi connectivity index (χ3v) is 5.46. The summed E-state index contributed by atoms with van der Waals surface area (Å²) in [5.74, 6) is -0.592. The third kappa shape index (κ3) is 2.14. The van der Waals surface area contributed by atoms with Crippen LogP contribution in [0.3, 0.4) is 0 Å². The van der Waals surface area contributed by atoms with Gasteiger partial charge in [-0.2, -0.15) is 0 Å². The molecule has 134 valence electrons. The number of fused-ring (bicyclic) bond motifs is 2. The van der Waals surface area contributed by atoms with Gasteiger partial charge in [0, 0.05) is 22.6 Å². The summed E-state index contributed by atoms with van der Waals surface area (Å²) in [7, 11) is 0. The fourth-order valence-corrected chi connectivity index (χ4v) is 3.96. The fraction of sp³-hybridized carbons (Fsp3) is 0.300. The summed E-state index contributed by atoms with van der Waals surface area (Å²) in [5, 5.41) is 11.6. The number of para-hydroxylation sites is 1. The van der Waals surface area contributed by atoms with Crippen molar-refractivity contribution in [3.63, 3.8) is 0 Å². The van der Waals surface area contributed by atoms with Crippen LogP contribution in [0.2, 0.25) is 5.02 Å². The number of ketones is 1. The van der Waals surface area contributed by atoms with Gasteiger partial charge in [0.25, 0.3) is 0 Å².